The van der Waals surface area contributed by atoms with E-state index in [1.165, 1.54) is 10.5 Å². The van der Waals surface area contributed by atoms with Crippen LogP contribution in [0.15, 0.2) is 18.2 Å². The number of thiazole rings is 1. The lowest BCUT2D eigenvalue weighted by Gasteiger charge is -2.09. The molecule has 2 nitrogen and oxygen atoms in total. The fourth-order valence-corrected chi connectivity index (χ4v) is 3.29. The number of nitrogens with one attached hydrogen (secondary N) is 1. The molecule has 0 amide bonds. The number of hydrogen-bond acceptors (Lipinski definition) is 4. The molecule has 0 saturated heterocycles. The summed E-state index contributed by atoms with van der Waals surface area (Å²) < 4.78 is 1.18. The molecule has 0 saturated carbocycles. The molecule has 0 aliphatic rings. The summed E-state index contributed by atoms with van der Waals surface area (Å²) in [6, 6.07) is 5.83. The first-order chi connectivity index (χ1) is 8.19. The molecule has 0 radical (unpaired) electrons. The smallest absolute Gasteiger partial charge is 0.183 e. The highest BCUT2D eigenvalue weighted by Gasteiger charge is 2.06. The zero-order valence-electron chi connectivity index (χ0n) is 9.87. The molecule has 1 N–H and O–H groups in total. The molecule has 92 valence electrons. The van der Waals surface area contributed by atoms with Gasteiger partial charge in [-0.2, -0.15) is 11.8 Å². The summed E-state index contributed by atoms with van der Waals surface area (Å²) in [5.41, 5.74) is 0.975. The summed E-state index contributed by atoms with van der Waals surface area (Å²) in [6.45, 7) is 3.21. The Morgan fingerprint density at radius 1 is 1.53 bits per heavy atom. The second kappa shape index (κ2) is 5.94. The van der Waals surface area contributed by atoms with Crippen LogP contribution in [0.5, 0.6) is 0 Å². The average molecular weight is 287 g/mol. The van der Waals surface area contributed by atoms with E-state index in [0.717, 1.165) is 22.2 Å². The van der Waals surface area contributed by atoms with E-state index in [1.807, 2.05) is 30.0 Å². The van der Waals surface area contributed by atoms with Gasteiger partial charge in [0.15, 0.2) is 5.13 Å². The molecule has 0 aliphatic heterocycles. The van der Waals surface area contributed by atoms with Crippen LogP contribution in [0.25, 0.3) is 10.2 Å². The van der Waals surface area contributed by atoms with Crippen molar-refractivity contribution in [3.8, 4) is 0 Å². The summed E-state index contributed by atoms with van der Waals surface area (Å²) in [5, 5.41) is 5.11. The van der Waals surface area contributed by atoms with Crippen molar-refractivity contribution in [1.82, 2.24) is 4.98 Å². The van der Waals surface area contributed by atoms with Crippen LogP contribution >= 0.6 is 34.7 Å². The second-order valence-corrected chi connectivity index (χ2v) is 6.45. The van der Waals surface area contributed by atoms with Crippen molar-refractivity contribution in [1.29, 1.82) is 0 Å². The molecular formula is C12H15ClN2S2. The van der Waals surface area contributed by atoms with Crippen molar-refractivity contribution in [2.24, 2.45) is 5.92 Å². The first kappa shape index (κ1) is 13.0. The predicted octanol–water partition coefficient (Wildman–Crippen LogP) is 4.36. The highest BCUT2D eigenvalue weighted by Crippen LogP contribution is 2.28. The lowest BCUT2D eigenvalue weighted by molar-refractivity contribution is 0.701. The molecule has 1 heterocycles. The first-order valence-corrected chi connectivity index (χ1v) is 8.07. The number of aromatic nitrogens is 1. The van der Waals surface area contributed by atoms with Gasteiger partial charge in [0, 0.05) is 11.6 Å². The van der Waals surface area contributed by atoms with Crippen molar-refractivity contribution in [3.05, 3.63) is 23.2 Å². The molecule has 2 rings (SSSR count). The zero-order chi connectivity index (χ0) is 12.3. The third kappa shape index (κ3) is 3.50. The van der Waals surface area contributed by atoms with Gasteiger partial charge in [0.05, 0.1) is 10.2 Å². The first-order valence-electron chi connectivity index (χ1n) is 5.48. The van der Waals surface area contributed by atoms with Crippen molar-refractivity contribution >= 4 is 50.0 Å². The van der Waals surface area contributed by atoms with E-state index in [1.54, 1.807) is 11.3 Å². The molecule has 1 unspecified atom stereocenters. The second-order valence-electron chi connectivity index (χ2n) is 4.07. The largest absolute Gasteiger partial charge is 0.361 e. The molecule has 0 spiro atoms. The van der Waals surface area contributed by atoms with Gasteiger partial charge in [0.2, 0.25) is 0 Å². The monoisotopic (exact) mass is 286 g/mol. The number of fused-ring (bicyclic) bond motifs is 1. The van der Waals surface area contributed by atoms with Crippen LogP contribution in [0.1, 0.15) is 6.92 Å². The summed E-state index contributed by atoms with van der Waals surface area (Å²) in [7, 11) is 0. The molecular weight excluding hydrogens is 272 g/mol. The van der Waals surface area contributed by atoms with Gasteiger partial charge in [-0.25, -0.2) is 4.98 Å². The number of rotatable bonds is 5. The van der Waals surface area contributed by atoms with Crippen molar-refractivity contribution < 1.29 is 0 Å². The van der Waals surface area contributed by atoms with Crippen LogP contribution in [0.3, 0.4) is 0 Å². The van der Waals surface area contributed by atoms with E-state index in [2.05, 4.69) is 23.5 Å². The maximum atomic E-state index is 5.94. The molecule has 0 fully saturated rings. The van der Waals surface area contributed by atoms with E-state index >= 15 is 0 Å². The Hall–Kier alpha value is -0.450. The SMILES string of the molecule is CSCC(C)CNc1nc2cc(Cl)ccc2s1. The Morgan fingerprint density at radius 2 is 2.35 bits per heavy atom. The van der Waals surface area contributed by atoms with E-state index in [9.17, 15) is 0 Å². The minimum atomic E-state index is 0.653. The lowest BCUT2D eigenvalue weighted by Crippen LogP contribution is -2.12. The van der Waals surface area contributed by atoms with Crippen molar-refractivity contribution in [2.75, 3.05) is 23.9 Å². The quantitative estimate of drug-likeness (QED) is 0.884. The number of thioether (sulfide) groups is 1. The van der Waals surface area contributed by atoms with Gasteiger partial charge in [-0.05, 0) is 36.1 Å². The number of hydrogen-bond donors (Lipinski definition) is 1. The predicted molar refractivity (Wildman–Crippen MR) is 80.7 cm³/mol. The average Bonchev–Trinajstić information content (AvgIpc) is 2.68. The molecule has 0 aliphatic carbocycles. The van der Waals surface area contributed by atoms with Gasteiger partial charge in [-0.15, -0.1) is 0 Å². The van der Waals surface area contributed by atoms with Gasteiger partial charge >= 0.3 is 0 Å². The molecule has 5 heteroatoms. The van der Waals surface area contributed by atoms with Gasteiger partial charge in [-0.3, -0.25) is 0 Å². The standard InChI is InChI=1S/C12H15ClN2S2/c1-8(7-16-2)6-14-12-15-10-5-9(13)3-4-11(10)17-12/h3-5,8H,6-7H2,1-2H3,(H,14,15). The maximum absolute atomic E-state index is 5.94. The van der Waals surface area contributed by atoms with Crippen LogP contribution in [-0.2, 0) is 0 Å². The lowest BCUT2D eigenvalue weighted by atomic mass is 10.2. The minimum absolute atomic E-state index is 0.653. The van der Waals surface area contributed by atoms with Gasteiger partial charge in [-0.1, -0.05) is 29.9 Å². The Balaban J connectivity index is 2.04. The van der Waals surface area contributed by atoms with E-state index in [-0.39, 0.29) is 0 Å². The fraction of sp³-hybridized carbons (Fsp3) is 0.417. The summed E-state index contributed by atoms with van der Waals surface area (Å²) in [6.07, 6.45) is 2.14. The Labute approximate surface area is 115 Å². The van der Waals surface area contributed by atoms with Crippen molar-refractivity contribution in [2.45, 2.75) is 6.92 Å². The molecule has 0 bridgehead atoms. The van der Waals surface area contributed by atoms with Crippen molar-refractivity contribution in [3.63, 3.8) is 0 Å². The van der Waals surface area contributed by atoms with Crippen LogP contribution < -0.4 is 5.32 Å². The molecule has 2 aromatic rings. The minimum Gasteiger partial charge on any atom is -0.361 e. The Bertz CT molecular complexity index is 498. The fourth-order valence-electron chi connectivity index (χ4n) is 1.58. The normalized spacial score (nSPS) is 12.9. The number of anilines is 1. The number of benzene rings is 1. The summed E-state index contributed by atoms with van der Waals surface area (Å²) in [4.78, 5) is 4.52. The van der Waals surface area contributed by atoms with E-state index in [0.29, 0.717) is 5.92 Å². The third-order valence-electron chi connectivity index (χ3n) is 2.40. The highest BCUT2D eigenvalue weighted by molar-refractivity contribution is 7.98. The summed E-state index contributed by atoms with van der Waals surface area (Å²) in [5.74, 6) is 1.82. The number of nitrogens with zero attached hydrogens (tertiary/aromatic N) is 1. The summed E-state index contributed by atoms with van der Waals surface area (Å²) >= 11 is 9.49. The Morgan fingerprint density at radius 3 is 3.12 bits per heavy atom. The highest BCUT2D eigenvalue weighted by atomic mass is 35.5. The van der Waals surface area contributed by atoms with Crippen LogP contribution in [-0.4, -0.2) is 23.5 Å². The molecule has 1 aromatic heterocycles. The Kier molecular flexibility index (Phi) is 4.54. The van der Waals surface area contributed by atoms with Crippen LogP contribution in [0.4, 0.5) is 5.13 Å². The number of halogens is 1. The third-order valence-corrected chi connectivity index (χ3v) is 4.53. The van der Waals surface area contributed by atoms with Gasteiger partial charge in [0.25, 0.3) is 0 Å². The maximum Gasteiger partial charge on any atom is 0.183 e. The zero-order valence-corrected chi connectivity index (χ0v) is 12.3. The molecule has 1 aromatic carbocycles. The topological polar surface area (TPSA) is 24.9 Å². The van der Waals surface area contributed by atoms with Gasteiger partial charge in [0.1, 0.15) is 0 Å². The van der Waals surface area contributed by atoms with Crippen LogP contribution in [0, 0.1) is 5.92 Å². The van der Waals surface area contributed by atoms with E-state index in [4.69, 9.17) is 11.6 Å². The van der Waals surface area contributed by atoms with Crippen LogP contribution in [0.2, 0.25) is 5.02 Å². The van der Waals surface area contributed by atoms with E-state index < -0.39 is 0 Å². The van der Waals surface area contributed by atoms with Gasteiger partial charge < -0.3 is 5.32 Å². The molecule has 17 heavy (non-hydrogen) atoms. The molecule has 1 atom stereocenters.